The number of hydrogen-bond acceptors (Lipinski definition) is 4. The number of hydrogen-bond donors (Lipinski definition) is 0. The van der Waals surface area contributed by atoms with Gasteiger partial charge >= 0.3 is 6.09 Å². The summed E-state index contributed by atoms with van der Waals surface area (Å²) in [4.78, 5) is 28.0. The molecule has 1 aliphatic rings. The van der Waals surface area contributed by atoms with Crippen LogP contribution in [0.1, 0.15) is 26.3 Å². The van der Waals surface area contributed by atoms with Gasteiger partial charge in [0.25, 0.3) is 0 Å². The highest BCUT2D eigenvalue weighted by atomic mass is 16.6. The van der Waals surface area contributed by atoms with Gasteiger partial charge in [0.1, 0.15) is 6.61 Å². The Kier molecular flexibility index (Phi) is 6.16. The largest absolute Gasteiger partial charge is 0.445 e. The Bertz CT molecular complexity index is 522. The molecule has 1 atom stereocenters. The minimum Gasteiger partial charge on any atom is -0.445 e. The van der Waals surface area contributed by atoms with Gasteiger partial charge in [-0.2, -0.15) is 0 Å². The summed E-state index contributed by atoms with van der Waals surface area (Å²) in [5, 5.41) is 0. The smallest absolute Gasteiger partial charge is 0.410 e. The van der Waals surface area contributed by atoms with E-state index < -0.39 is 0 Å². The average Bonchev–Trinajstić information content (AvgIpc) is 2.59. The van der Waals surface area contributed by atoms with Gasteiger partial charge in [-0.05, 0) is 12.5 Å². The van der Waals surface area contributed by atoms with Gasteiger partial charge in [0.15, 0.2) is 5.78 Å². The lowest BCUT2D eigenvalue weighted by molar-refractivity contribution is -0.127. The molecule has 1 saturated heterocycles. The first-order chi connectivity index (χ1) is 11.0. The molecule has 1 aromatic carbocycles. The van der Waals surface area contributed by atoms with Crippen LogP contribution in [0.15, 0.2) is 30.3 Å². The zero-order valence-electron chi connectivity index (χ0n) is 14.2. The van der Waals surface area contributed by atoms with Crippen molar-refractivity contribution in [2.75, 3.05) is 26.2 Å². The molecule has 5 heteroatoms. The molecule has 0 radical (unpaired) electrons. The normalized spacial score (nSPS) is 17.1. The van der Waals surface area contributed by atoms with Crippen molar-refractivity contribution in [1.82, 2.24) is 9.80 Å². The Balaban J connectivity index is 1.77. The van der Waals surface area contributed by atoms with Gasteiger partial charge in [0, 0.05) is 32.1 Å². The van der Waals surface area contributed by atoms with E-state index >= 15 is 0 Å². The monoisotopic (exact) mass is 318 g/mol. The number of nitrogens with zero attached hydrogens (tertiary/aromatic N) is 2. The van der Waals surface area contributed by atoms with Gasteiger partial charge in [-0.15, -0.1) is 0 Å². The summed E-state index contributed by atoms with van der Waals surface area (Å²) in [6.45, 7) is 8.71. The molecule has 0 aliphatic carbocycles. The number of Topliss-reactive ketones (excluding diaryl/α,β-unsaturated/α-hetero) is 1. The first-order valence-electron chi connectivity index (χ1n) is 8.22. The third-order valence-electron chi connectivity index (χ3n) is 4.31. The summed E-state index contributed by atoms with van der Waals surface area (Å²) >= 11 is 0. The highest BCUT2D eigenvalue weighted by Gasteiger charge is 2.28. The third kappa shape index (κ3) is 4.79. The highest BCUT2D eigenvalue weighted by Crippen LogP contribution is 2.12. The van der Waals surface area contributed by atoms with E-state index in [1.54, 1.807) is 4.90 Å². The summed E-state index contributed by atoms with van der Waals surface area (Å²) in [7, 11) is 0. The van der Waals surface area contributed by atoms with Crippen LogP contribution >= 0.6 is 0 Å². The fourth-order valence-electron chi connectivity index (χ4n) is 2.76. The van der Waals surface area contributed by atoms with Gasteiger partial charge in [0.05, 0.1) is 6.04 Å². The summed E-state index contributed by atoms with van der Waals surface area (Å²) in [5.41, 5.74) is 0.982. The van der Waals surface area contributed by atoms with Crippen LogP contribution in [0.25, 0.3) is 0 Å². The quantitative estimate of drug-likeness (QED) is 0.837. The molecule has 2 rings (SSSR count). The van der Waals surface area contributed by atoms with E-state index in [1.165, 1.54) is 0 Å². The first-order valence-corrected chi connectivity index (χ1v) is 8.22. The molecule has 1 amide bonds. The van der Waals surface area contributed by atoms with Gasteiger partial charge in [-0.25, -0.2) is 4.79 Å². The van der Waals surface area contributed by atoms with E-state index in [0.717, 1.165) is 5.56 Å². The van der Waals surface area contributed by atoms with Crippen LogP contribution in [-0.4, -0.2) is 53.9 Å². The maximum absolute atomic E-state index is 12.1. The van der Waals surface area contributed by atoms with Crippen LogP contribution in [-0.2, 0) is 16.1 Å². The van der Waals surface area contributed by atoms with E-state index in [-0.39, 0.29) is 23.8 Å². The van der Waals surface area contributed by atoms with Crippen LogP contribution < -0.4 is 0 Å². The standard InChI is InChI=1S/C18H26N2O3/c1-14(2)17(21)15(3)19-9-11-20(12-10-19)18(22)23-13-16-7-5-4-6-8-16/h4-8,14-15H,9-13H2,1-3H3. The second-order valence-electron chi connectivity index (χ2n) is 6.30. The number of carbonyl (C=O) groups excluding carboxylic acids is 2. The SMILES string of the molecule is CC(C)C(=O)C(C)N1CCN(C(=O)OCc2ccccc2)CC1. The topological polar surface area (TPSA) is 49.9 Å². The zero-order chi connectivity index (χ0) is 16.8. The van der Waals surface area contributed by atoms with Crippen molar-refractivity contribution in [1.29, 1.82) is 0 Å². The van der Waals surface area contributed by atoms with E-state index in [1.807, 2.05) is 51.1 Å². The van der Waals surface area contributed by atoms with Gasteiger partial charge in [0.2, 0.25) is 0 Å². The van der Waals surface area contributed by atoms with Crippen LogP contribution in [0.5, 0.6) is 0 Å². The number of piperazine rings is 1. The minimum atomic E-state index is -0.281. The first kappa shape index (κ1) is 17.5. The average molecular weight is 318 g/mol. The van der Waals surface area contributed by atoms with E-state index in [0.29, 0.717) is 32.8 Å². The molecule has 0 spiro atoms. The summed E-state index contributed by atoms with van der Waals surface area (Å²) in [6, 6.07) is 9.57. The fourth-order valence-corrected chi connectivity index (χ4v) is 2.76. The fraction of sp³-hybridized carbons (Fsp3) is 0.556. The summed E-state index contributed by atoms with van der Waals surface area (Å²) in [6.07, 6.45) is -0.281. The zero-order valence-corrected chi connectivity index (χ0v) is 14.2. The molecule has 5 nitrogen and oxygen atoms in total. The number of ether oxygens (including phenoxy) is 1. The van der Waals surface area contributed by atoms with Crippen molar-refractivity contribution in [3.63, 3.8) is 0 Å². The molecule has 0 aromatic heterocycles. The molecule has 1 unspecified atom stereocenters. The number of ketones is 1. The number of carbonyl (C=O) groups is 2. The molecule has 0 N–H and O–H groups in total. The van der Waals surface area contributed by atoms with Crippen LogP contribution in [0.2, 0.25) is 0 Å². The molecule has 0 bridgehead atoms. The van der Waals surface area contributed by atoms with E-state index in [2.05, 4.69) is 4.90 Å². The maximum atomic E-state index is 12.1. The van der Waals surface area contributed by atoms with Gasteiger partial charge in [-0.1, -0.05) is 44.2 Å². The predicted molar refractivity (Wildman–Crippen MR) is 89.1 cm³/mol. The summed E-state index contributed by atoms with van der Waals surface area (Å²) in [5.74, 6) is 0.295. The second-order valence-corrected chi connectivity index (χ2v) is 6.30. The predicted octanol–water partition coefficient (Wildman–Crippen LogP) is 2.55. The lowest BCUT2D eigenvalue weighted by atomic mass is 10.0. The second kappa shape index (κ2) is 8.11. The van der Waals surface area contributed by atoms with Crippen molar-refractivity contribution in [3.8, 4) is 0 Å². The van der Waals surface area contributed by atoms with Gasteiger partial charge in [-0.3, -0.25) is 9.69 Å². The highest BCUT2D eigenvalue weighted by molar-refractivity contribution is 5.85. The van der Waals surface area contributed by atoms with Crippen molar-refractivity contribution in [2.24, 2.45) is 5.92 Å². The third-order valence-corrected chi connectivity index (χ3v) is 4.31. The van der Waals surface area contributed by atoms with Crippen molar-refractivity contribution in [2.45, 2.75) is 33.4 Å². The maximum Gasteiger partial charge on any atom is 0.410 e. The minimum absolute atomic E-state index is 0.0406. The molecule has 0 saturated carbocycles. The lowest BCUT2D eigenvalue weighted by Crippen LogP contribution is -2.53. The van der Waals surface area contributed by atoms with Gasteiger partial charge < -0.3 is 9.64 Å². The van der Waals surface area contributed by atoms with E-state index in [4.69, 9.17) is 4.74 Å². The molecule has 1 aromatic rings. The van der Waals surface area contributed by atoms with Crippen molar-refractivity contribution < 1.29 is 14.3 Å². The molecule has 1 heterocycles. The number of benzene rings is 1. The van der Waals surface area contributed by atoms with Crippen LogP contribution in [0.4, 0.5) is 4.79 Å². The molecule has 126 valence electrons. The summed E-state index contributed by atoms with van der Waals surface area (Å²) < 4.78 is 5.35. The van der Waals surface area contributed by atoms with Crippen LogP contribution in [0, 0.1) is 5.92 Å². The Labute approximate surface area is 138 Å². The molecule has 23 heavy (non-hydrogen) atoms. The molecule has 1 aliphatic heterocycles. The van der Waals surface area contributed by atoms with Crippen molar-refractivity contribution in [3.05, 3.63) is 35.9 Å². The van der Waals surface area contributed by atoms with E-state index in [9.17, 15) is 9.59 Å². The lowest BCUT2D eigenvalue weighted by Gasteiger charge is -2.37. The number of amides is 1. The molecular weight excluding hydrogens is 292 g/mol. The Morgan fingerprint density at radius 3 is 2.22 bits per heavy atom. The Morgan fingerprint density at radius 2 is 1.65 bits per heavy atom. The Morgan fingerprint density at radius 1 is 1.04 bits per heavy atom. The molecular formula is C18H26N2O3. The Hall–Kier alpha value is -1.88. The van der Waals surface area contributed by atoms with Crippen molar-refractivity contribution >= 4 is 11.9 Å². The number of rotatable bonds is 5. The molecule has 1 fully saturated rings. The van der Waals surface area contributed by atoms with Crippen LogP contribution in [0.3, 0.4) is 0 Å².